The van der Waals surface area contributed by atoms with Gasteiger partial charge in [0.25, 0.3) is 0 Å². The average molecular weight is 187 g/mol. The van der Waals surface area contributed by atoms with E-state index in [1.54, 1.807) is 11.1 Å². The molecule has 1 fully saturated rings. The van der Waals surface area contributed by atoms with Crippen LogP contribution >= 0.6 is 0 Å². The highest BCUT2D eigenvalue weighted by atomic mass is 15.1. The molecule has 3 rings (SSSR count). The van der Waals surface area contributed by atoms with Crippen molar-refractivity contribution in [2.75, 3.05) is 19.6 Å². The van der Waals surface area contributed by atoms with Crippen molar-refractivity contribution in [1.29, 1.82) is 0 Å². The summed E-state index contributed by atoms with van der Waals surface area (Å²) in [5.41, 5.74) is 3.27. The van der Waals surface area contributed by atoms with Crippen LogP contribution in [-0.2, 0) is 0 Å². The molecule has 1 heteroatoms. The molecule has 0 amide bonds. The highest BCUT2D eigenvalue weighted by Gasteiger charge is 2.36. The van der Waals surface area contributed by atoms with Gasteiger partial charge in [0.15, 0.2) is 0 Å². The van der Waals surface area contributed by atoms with Crippen LogP contribution in [-0.4, -0.2) is 24.5 Å². The lowest BCUT2D eigenvalue weighted by Gasteiger charge is -2.30. The SMILES string of the molecule is CCN1CC2CC(C1)c1ccccc12. The van der Waals surface area contributed by atoms with Crippen molar-refractivity contribution in [2.45, 2.75) is 25.2 Å². The summed E-state index contributed by atoms with van der Waals surface area (Å²) in [7, 11) is 0. The molecule has 0 N–H and O–H groups in total. The number of piperidine rings is 1. The molecule has 2 bridgehead atoms. The molecule has 1 aromatic carbocycles. The van der Waals surface area contributed by atoms with Gasteiger partial charge < -0.3 is 4.90 Å². The molecule has 1 aromatic rings. The topological polar surface area (TPSA) is 3.24 Å². The second kappa shape index (κ2) is 3.09. The van der Waals surface area contributed by atoms with Crippen molar-refractivity contribution in [3.8, 4) is 0 Å². The van der Waals surface area contributed by atoms with Crippen LogP contribution in [0.4, 0.5) is 0 Å². The number of likely N-dealkylation sites (N-methyl/N-ethyl adjacent to an activating group) is 1. The molecule has 14 heavy (non-hydrogen) atoms. The maximum absolute atomic E-state index is 2.60. The van der Waals surface area contributed by atoms with Crippen LogP contribution in [0.2, 0.25) is 0 Å². The molecule has 0 saturated carbocycles. The molecule has 1 saturated heterocycles. The minimum absolute atomic E-state index is 0.824. The highest BCUT2D eigenvalue weighted by Crippen LogP contribution is 2.45. The standard InChI is InChI=1S/C13H17N/c1-2-14-8-10-7-11(9-14)13-6-4-3-5-12(10)13/h3-6,10-11H,2,7-9H2,1H3. The Bertz CT molecular complexity index is 314. The third-order valence-corrected chi connectivity index (χ3v) is 3.85. The molecular weight excluding hydrogens is 170 g/mol. The quantitative estimate of drug-likeness (QED) is 0.653. The largest absolute Gasteiger partial charge is 0.302 e. The number of nitrogens with zero attached hydrogens (tertiary/aromatic N) is 1. The van der Waals surface area contributed by atoms with Gasteiger partial charge in [-0.25, -0.2) is 0 Å². The number of rotatable bonds is 1. The number of likely N-dealkylation sites (tertiary alicyclic amines) is 1. The van der Waals surface area contributed by atoms with Gasteiger partial charge in [-0.3, -0.25) is 0 Å². The van der Waals surface area contributed by atoms with Gasteiger partial charge in [-0.15, -0.1) is 0 Å². The monoisotopic (exact) mass is 187 g/mol. The molecule has 2 aliphatic rings. The van der Waals surface area contributed by atoms with Gasteiger partial charge in [-0.2, -0.15) is 0 Å². The van der Waals surface area contributed by atoms with E-state index in [2.05, 4.69) is 36.1 Å². The Balaban J connectivity index is 1.99. The van der Waals surface area contributed by atoms with E-state index in [1.165, 1.54) is 26.1 Å². The first-order valence-electron chi connectivity index (χ1n) is 5.69. The molecule has 2 atom stereocenters. The van der Waals surface area contributed by atoms with Crippen LogP contribution in [0.25, 0.3) is 0 Å². The molecular formula is C13H17N. The van der Waals surface area contributed by atoms with Crippen LogP contribution < -0.4 is 0 Å². The summed E-state index contributed by atoms with van der Waals surface area (Å²) in [6.07, 6.45) is 1.40. The fourth-order valence-electron chi connectivity index (χ4n) is 3.15. The predicted octanol–water partition coefficient (Wildman–Crippen LogP) is 2.59. The van der Waals surface area contributed by atoms with E-state index < -0.39 is 0 Å². The summed E-state index contributed by atoms with van der Waals surface area (Å²) in [5.74, 6) is 1.65. The molecule has 1 aliphatic carbocycles. The molecule has 1 heterocycles. The summed E-state index contributed by atoms with van der Waals surface area (Å²) in [6, 6.07) is 9.05. The van der Waals surface area contributed by atoms with E-state index >= 15 is 0 Å². The van der Waals surface area contributed by atoms with Crippen LogP contribution in [0.3, 0.4) is 0 Å². The van der Waals surface area contributed by atoms with Crippen LogP contribution in [0.1, 0.15) is 36.3 Å². The smallest absolute Gasteiger partial charge is 0.00507 e. The third-order valence-electron chi connectivity index (χ3n) is 3.85. The lowest BCUT2D eigenvalue weighted by molar-refractivity contribution is 0.213. The molecule has 1 aliphatic heterocycles. The second-order valence-electron chi connectivity index (χ2n) is 4.61. The van der Waals surface area contributed by atoms with Crippen molar-refractivity contribution < 1.29 is 0 Å². The van der Waals surface area contributed by atoms with E-state index in [-0.39, 0.29) is 0 Å². The Hall–Kier alpha value is -0.820. The zero-order valence-electron chi connectivity index (χ0n) is 8.74. The van der Waals surface area contributed by atoms with Gasteiger partial charge in [0, 0.05) is 13.1 Å². The van der Waals surface area contributed by atoms with Crippen molar-refractivity contribution in [2.24, 2.45) is 0 Å². The summed E-state index contributed by atoms with van der Waals surface area (Å²) in [6.45, 7) is 6.05. The highest BCUT2D eigenvalue weighted by molar-refractivity contribution is 5.40. The van der Waals surface area contributed by atoms with Crippen molar-refractivity contribution in [3.63, 3.8) is 0 Å². The van der Waals surface area contributed by atoms with Gasteiger partial charge in [-0.05, 0) is 35.9 Å². The fraction of sp³-hybridized carbons (Fsp3) is 0.538. The van der Waals surface area contributed by atoms with Gasteiger partial charge in [0.1, 0.15) is 0 Å². The van der Waals surface area contributed by atoms with E-state index in [4.69, 9.17) is 0 Å². The molecule has 2 unspecified atom stereocenters. The molecule has 0 radical (unpaired) electrons. The van der Waals surface area contributed by atoms with E-state index in [9.17, 15) is 0 Å². The fourth-order valence-corrected chi connectivity index (χ4v) is 3.15. The zero-order valence-corrected chi connectivity index (χ0v) is 8.74. The van der Waals surface area contributed by atoms with Crippen LogP contribution in [0, 0.1) is 0 Å². The first-order chi connectivity index (χ1) is 6.88. The first kappa shape index (κ1) is 8.49. The minimum atomic E-state index is 0.824. The van der Waals surface area contributed by atoms with Crippen molar-refractivity contribution >= 4 is 0 Å². The summed E-state index contributed by atoms with van der Waals surface area (Å²) < 4.78 is 0. The Labute approximate surface area is 85.7 Å². The lowest BCUT2D eigenvalue weighted by atomic mass is 9.96. The van der Waals surface area contributed by atoms with E-state index in [0.29, 0.717) is 0 Å². The zero-order chi connectivity index (χ0) is 9.54. The Morgan fingerprint density at radius 2 is 1.71 bits per heavy atom. The van der Waals surface area contributed by atoms with Gasteiger partial charge >= 0.3 is 0 Å². The lowest BCUT2D eigenvalue weighted by Crippen LogP contribution is -2.34. The van der Waals surface area contributed by atoms with Crippen LogP contribution in [0.5, 0.6) is 0 Å². The third kappa shape index (κ3) is 1.12. The maximum Gasteiger partial charge on any atom is 0.00507 e. The molecule has 1 nitrogen and oxygen atoms in total. The normalized spacial score (nSPS) is 30.4. The summed E-state index contributed by atoms with van der Waals surface area (Å²) >= 11 is 0. The Morgan fingerprint density at radius 3 is 2.21 bits per heavy atom. The van der Waals surface area contributed by atoms with Gasteiger partial charge in [0.05, 0.1) is 0 Å². The van der Waals surface area contributed by atoms with E-state index in [1.807, 2.05) is 0 Å². The molecule has 0 spiro atoms. The summed E-state index contributed by atoms with van der Waals surface area (Å²) in [4.78, 5) is 2.60. The van der Waals surface area contributed by atoms with Gasteiger partial charge in [-0.1, -0.05) is 31.2 Å². The number of hydrogen-bond donors (Lipinski definition) is 0. The van der Waals surface area contributed by atoms with Crippen molar-refractivity contribution in [1.82, 2.24) is 4.90 Å². The maximum atomic E-state index is 2.60. The van der Waals surface area contributed by atoms with Crippen LogP contribution in [0.15, 0.2) is 24.3 Å². The first-order valence-corrected chi connectivity index (χ1v) is 5.69. The van der Waals surface area contributed by atoms with Gasteiger partial charge in [0.2, 0.25) is 0 Å². The Kier molecular flexibility index (Phi) is 1.88. The molecule has 0 aromatic heterocycles. The summed E-state index contributed by atoms with van der Waals surface area (Å²) in [5, 5.41) is 0. The predicted molar refractivity (Wildman–Crippen MR) is 58.7 cm³/mol. The average Bonchev–Trinajstić information content (AvgIpc) is 2.52. The van der Waals surface area contributed by atoms with Crippen molar-refractivity contribution in [3.05, 3.63) is 35.4 Å². The number of fused-ring (bicyclic) bond motifs is 5. The second-order valence-corrected chi connectivity index (χ2v) is 4.61. The van der Waals surface area contributed by atoms with E-state index in [0.717, 1.165) is 11.8 Å². The molecule has 74 valence electrons. The number of hydrogen-bond acceptors (Lipinski definition) is 1. The Morgan fingerprint density at radius 1 is 1.14 bits per heavy atom. The minimum Gasteiger partial charge on any atom is -0.302 e. The number of benzene rings is 1.